The summed E-state index contributed by atoms with van der Waals surface area (Å²) in [5, 5.41) is 7.87. The highest BCUT2D eigenvalue weighted by molar-refractivity contribution is 6.06. The van der Waals surface area contributed by atoms with Gasteiger partial charge in [0.05, 0.1) is 11.1 Å². The lowest BCUT2D eigenvalue weighted by Crippen LogP contribution is -2.29. The minimum absolute atomic E-state index is 0.0787. The van der Waals surface area contributed by atoms with E-state index in [2.05, 4.69) is 24.3 Å². The summed E-state index contributed by atoms with van der Waals surface area (Å²) in [5.74, 6) is 1.51. The molecule has 0 radical (unpaired) electrons. The molecule has 1 aliphatic carbocycles. The molecule has 1 aliphatic heterocycles. The smallest absolute Gasteiger partial charge is 0.276 e. The minimum atomic E-state index is -0.0983. The van der Waals surface area contributed by atoms with Gasteiger partial charge in [0.15, 0.2) is 5.69 Å². The SMILES string of the molecule is CC(C)CNC(=O)c1cc(C2CCN(C(=O)c3cc(C4CC4)on3)C2)nc2ccccc12. The maximum atomic E-state index is 12.9. The summed E-state index contributed by atoms with van der Waals surface area (Å²) in [7, 11) is 0. The number of fused-ring (bicyclic) bond motifs is 1. The molecule has 1 N–H and O–H groups in total. The molecule has 2 amide bonds. The van der Waals surface area contributed by atoms with Crippen LogP contribution in [0.4, 0.5) is 0 Å². The van der Waals surface area contributed by atoms with Gasteiger partial charge in [-0.05, 0) is 37.3 Å². The first-order valence-corrected chi connectivity index (χ1v) is 11.4. The number of hydrogen-bond acceptors (Lipinski definition) is 5. The average Bonchev–Trinajstić information content (AvgIpc) is 3.32. The second-order valence-corrected chi connectivity index (χ2v) is 9.34. The number of nitrogens with one attached hydrogen (secondary N) is 1. The van der Waals surface area contributed by atoms with E-state index in [1.54, 1.807) is 6.07 Å². The number of nitrogens with zero attached hydrogens (tertiary/aromatic N) is 3. The summed E-state index contributed by atoms with van der Waals surface area (Å²) >= 11 is 0. The number of rotatable bonds is 6. The fourth-order valence-electron chi connectivity index (χ4n) is 4.28. The molecule has 0 bridgehead atoms. The van der Waals surface area contributed by atoms with E-state index in [4.69, 9.17) is 9.51 Å². The van der Waals surface area contributed by atoms with E-state index in [-0.39, 0.29) is 17.7 Å². The summed E-state index contributed by atoms with van der Waals surface area (Å²) in [5.41, 5.74) is 2.68. The third-order valence-corrected chi connectivity index (χ3v) is 6.27. The van der Waals surface area contributed by atoms with Crippen LogP contribution in [0.5, 0.6) is 0 Å². The lowest BCUT2D eigenvalue weighted by Gasteiger charge is -2.16. The van der Waals surface area contributed by atoms with Crippen molar-refractivity contribution in [2.24, 2.45) is 5.92 Å². The Morgan fingerprint density at radius 3 is 2.75 bits per heavy atom. The highest BCUT2D eigenvalue weighted by Gasteiger charge is 2.33. The van der Waals surface area contributed by atoms with Crippen LogP contribution in [0.25, 0.3) is 10.9 Å². The van der Waals surface area contributed by atoms with Gasteiger partial charge in [-0.3, -0.25) is 14.6 Å². The van der Waals surface area contributed by atoms with Crippen molar-refractivity contribution in [3.05, 3.63) is 59.1 Å². The quantitative estimate of drug-likeness (QED) is 0.633. The molecule has 5 rings (SSSR count). The van der Waals surface area contributed by atoms with E-state index in [1.807, 2.05) is 35.2 Å². The first-order valence-electron chi connectivity index (χ1n) is 11.4. The molecule has 0 spiro atoms. The van der Waals surface area contributed by atoms with Gasteiger partial charge in [0.1, 0.15) is 5.76 Å². The van der Waals surface area contributed by atoms with Crippen LogP contribution in [0, 0.1) is 5.92 Å². The third-order valence-electron chi connectivity index (χ3n) is 6.27. The van der Waals surface area contributed by atoms with E-state index >= 15 is 0 Å². The van der Waals surface area contributed by atoms with Gasteiger partial charge < -0.3 is 14.7 Å². The molecule has 7 nitrogen and oxygen atoms in total. The maximum Gasteiger partial charge on any atom is 0.276 e. The zero-order valence-corrected chi connectivity index (χ0v) is 18.5. The second-order valence-electron chi connectivity index (χ2n) is 9.34. The van der Waals surface area contributed by atoms with Gasteiger partial charge in [-0.25, -0.2) is 0 Å². The molecular formula is C25H28N4O3. The molecule has 1 saturated carbocycles. The van der Waals surface area contributed by atoms with E-state index in [0.29, 0.717) is 42.7 Å². The lowest BCUT2D eigenvalue weighted by molar-refractivity contribution is 0.0780. The summed E-state index contributed by atoms with van der Waals surface area (Å²) < 4.78 is 5.36. The van der Waals surface area contributed by atoms with Crippen molar-refractivity contribution in [2.75, 3.05) is 19.6 Å². The Morgan fingerprint density at radius 2 is 1.97 bits per heavy atom. The number of para-hydroxylation sites is 1. The zero-order valence-electron chi connectivity index (χ0n) is 18.5. The van der Waals surface area contributed by atoms with Crippen LogP contribution >= 0.6 is 0 Å². The van der Waals surface area contributed by atoms with Crippen molar-refractivity contribution < 1.29 is 14.1 Å². The number of pyridine rings is 1. The predicted molar refractivity (Wildman–Crippen MR) is 121 cm³/mol. The topological polar surface area (TPSA) is 88.3 Å². The minimum Gasteiger partial charge on any atom is -0.360 e. The largest absolute Gasteiger partial charge is 0.360 e. The van der Waals surface area contributed by atoms with Crippen LogP contribution in [0.15, 0.2) is 40.9 Å². The molecule has 1 saturated heterocycles. The molecule has 2 fully saturated rings. The molecule has 3 aromatic rings. The number of amides is 2. The van der Waals surface area contributed by atoms with Gasteiger partial charge in [-0.15, -0.1) is 0 Å². The van der Waals surface area contributed by atoms with Crippen LogP contribution in [0.1, 0.15) is 77.2 Å². The number of hydrogen-bond donors (Lipinski definition) is 1. The monoisotopic (exact) mass is 432 g/mol. The van der Waals surface area contributed by atoms with Gasteiger partial charge >= 0.3 is 0 Å². The number of carbonyl (C=O) groups is 2. The first-order chi connectivity index (χ1) is 15.5. The highest BCUT2D eigenvalue weighted by atomic mass is 16.5. The Labute approximate surface area is 187 Å². The summed E-state index contributed by atoms with van der Waals surface area (Å²) in [6.45, 7) is 5.96. The molecule has 3 heterocycles. The Hall–Kier alpha value is -3.22. The van der Waals surface area contributed by atoms with Gasteiger partial charge in [0.2, 0.25) is 0 Å². The van der Waals surface area contributed by atoms with Crippen molar-refractivity contribution >= 4 is 22.7 Å². The van der Waals surface area contributed by atoms with E-state index < -0.39 is 0 Å². The van der Waals surface area contributed by atoms with Crippen LogP contribution in [0.3, 0.4) is 0 Å². The lowest BCUT2D eigenvalue weighted by atomic mass is 9.99. The molecule has 2 aliphatic rings. The predicted octanol–water partition coefficient (Wildman–Crippen LogP) is 4.12. The molecular weight excluding hydrogens is 404 g/mol. The van der Waals surface area contributed by atoms with Crippen LogP contribution in [-0.4, -0.2) is 46.5 Å². The van der Waals surface area contributed by atoms with E-state index in [1.165, 1.54) is 0 Å². The van der Waals surface area contributed by atoms with Crippen molar-refractivity contribution in [3.63, 3.8) is 0 Å². The van der Waals surface area contributed by atoms with Crippen molar-refractivity contribution in [1.82, 2.24) is 20.4 Å². The first kappa shape index (κ1) is 20.7. The zero-order chi connectivity index (χ0) is 22.2. The van der Waals surface area contributed by atoms with Gasteiger partial charge in [-0.1, -0.05) is 37.2 Å². The Morgan fingerprint density at radius 1 is 1.16 bits per heavy atom. The molecule has 1 atom stereocenters. The Balaban J connectivity index is 1.37. The molecule has 2 aromatic heterocycles. The Bertz CT molecular complexity index is 1160. The highest BCUT2D eigenvalue weighted by Crippen LogP contribution is 2.40. The second kappa shape index (κ2) is 8.37. The Kier molecular flexibility index (Phi) is 5.41. The molecule has 166 valence electrons. The maximum absolute atomic E-state index is 12.9. The molecule has 32 heavy (non-hydrogen) atoms. The molecule has 7 heteroatoms. The standard InChI is InChI=1S/C25H28N4O3/c1-15(2)13-26-24(30)19-11-21(27-20-6-4-3-5-18(19)20)17-9-10-29(14-17)25(31)22-12-23(32-28-22)16-7-8-16/h3-6,11-12,15-17H,7-10,13-14H2,1-2H3,(H,26,30). The summed E-state index contributed by atoms with van der Waals surface area (Å²) in [6.07, 6.45) is 3.02. The number of aromatic nitrogens is 2. The van der Waals surface area contributed by atoms with Crippen LogP contribution in [0.2, 0.25) is 0 Å². The number of carbonyl (C=O) groups excluding carboxylic acids is 2. The number of benzene rings is 1. The van der Waals surface area contributed by atoms with Gasteiger partial charge in [0, 0.05) is 48.6 Å². The van der Waals surface area contributed by atoms with Gasteiger partial charge in [0.25, 0.3) is 11.8 Å². The summed E-state index contributed by atoms with van der Waals surface area (Å²) in [4.78, 5) is 32.5. The molecule has 1 aromatic carbocycles. The average molecular weight is 433 g/mol. The van der Waals surface area contributed by atoms with Crippen molar-refractivity contribution in [1.29, 1.82) is 0 Å². The summed E-state index contributed by atoms with van der Waals surface area (Å²) in [6, 6.07) is 11.4. The normalized spacial score (nSPS) is 18.5. The van der Waals surface area contributed by atoms with E-state index in [9.17, 15) is 9.59 Å². The molecule has 1 unspecified atom stereocenters. The van der Waals surface area contributed by atoms with E-state index in [0.717, 1.165) is 41.6 Å². The van der Waals surface area contributed by atoms with Crippen molar-refractivity contribution in [2.45, 2.75) is 44.9 Å². The fraction of sp³-hybridized carbons (Fsp3) is 0.440. The third kappa shape index (κ3) is 4.11. The van der Waals surface area contributed by atoms with Crippen LogP contribution < -0.4 is 5.32 Å². The fourth-order valence-corrected chi connectivity index (χ4v) is 4.28. The number of likely N-dealkylation sites (tertiary alicyclic amines) is 1. The van der Waals surface area contributed by atoms with Gasteiger partial charge in [-0.2, -0.15) is 0 Å². The van der Waals surface area contributed by atoms with Crippen LogP contribution in [-0.2, 0) is 0 Å². The van der Waals surface area contributed by atoms with Crippen molar-refractivity contribution in [3.8, 4) is 0 Å².